The molecular weight excluding hydrogens is 332 g/mol. The summed E-state index contributed by atoms with van der Waals surface area (Å²) in [7, 11) is 1.62. The van der Waals surface area contributed by atoms with Crippen LogP contribution in [0.1, 0.15) is 5.56 Å². The monoisotopic (exact) mass is 348 g/mol. The van der Waals surface area contributed by atoms with Gasteiger partial charge in [-0.1, -0.05) is 6.07 Å². The van der Waals surface area contributed by atoms with Crippen LogP contribution in [0, 0.1) is 6.92 Å². The Hall–Kier alpha value is -2.01. The molecule has 21 heavy (non-hydrogen) atoms. The number of benzene rings is 2. The zero-order valence-corrected chi connectivity index (χ0v) is 13.5. The maximum Gasteiger partial charge on any atom is 0.243 e. The van der Waals surface area contributed by atoms with E-state index in [0.717, 1.165) is 27.2 Å². The number of carbonyl (C=O) groups excluding carboxylic acids is 1. The zero-order valence-electron chi connectivity index (χ0n) is 11.9. The molecule has 0 heterocycles. The molecule has 2 rings (SSSR count). The van der Waals surface area contributed by atoms with Crippen molar-refractivity contribution >= 4 is 33.2 Å². The van der Waals surface area contributed by atoms with Gasteiger partial charge < -0.3 is 15.4 Å². The Kier molecular flexibility index (Phi) is 5.22. The molecule has 0 spiro atoms. The van der Waals surface area contributed by atoms with E-state index in [9.17, 15) is 4.79 Å². The van der Waals surface area contributed by atoms with Crippen LogP contribution in [0.15, 0.2) is 46.9 Å². The second kappa shape index (κ2) is 7.13. The third-order valence-electron chi connectivity index (χ3n) is 2.94. The van der Waals surface area contributed by atoms with Crippen LogP contribution >= 0.6 is 15.9 Å². The van der Waals surface area contributed by atoms with Gasteiger partial charge in [-0.2, -0.15) is 0 Å². The van der Waals surface area contributed by atoms with Crippen LogP contribution in [0.3, 0.4) is 0 Å². The Labute approximate surface area is 132 Å². The Bertz CT molecular complexity index is 627. The standard InChI is InChI=1S/C16H17BrN2O2/c1-11-3-8-15(14(17)9-11)19-16(20)10-18-12-4-6-13(21-2)7-5-12/h3-9,18H,10H2,1-2H3,(H,19,20). The molecule has 0 aromatic heterocycles. The Morgan fingerprint density at radius 3 is 2.52 bits per heavy atom. The molecule has 4 nitrogen and oxygen atoms in total. The lowest BCUT2D eigenvalue weighted by Gasteiger charge is -2.10. The number of anilines is 2. The fourth-order valence-electron chi connectivity index (χ4n) is 1.81. The van der Waals surface area contributed by atoms with Crippen molar-refractivity contribution in [2.24, 2.45) is 0 Å². The minimum Gasteiger partial charge on any atom is -0.497 e. The largest absolute Gasteiger partial charge is 0.497 e. The molecule has 2 aromatic carbocycles. The van der Waals surface area contributed by atoms with Crippen molar-refractivity contribution in [3.8, 4) is 5.75 Å². The summed E-state index contributed by atoms with van der Waals surface area (Å²) in [5.74, 6) is 0.684. The summed E-state index contributed by atoms with van der Waals surface area (Å²) < 4.78 is 5.96. The first-order valence-electron chi connectivity index (χ1n) is 6.52. The number of hydrogen-bond acceptors (Lipinski definition) is 3. The van der Waals surface area contributed by atoms with E-state index in [-0.39, 0.29) is 12.5 Å². The molecule has 0 fully saturated rings. The SMILES string of the molecule is COc1ccc(NCC(=O)Nc2ccc(C)cc2Br)cc1. The fraction of sp³-hybridized carbons (Fsp3) is 0.188. The molecule has 110 valence electrons. The third kappa shape index (κ3) is 4.49. The molecule has 0 aliphatic rings. The highest BCUT2D eigenvalue weighted by Gasteiger charge is 2.05. The predicted molar refractivity (Wildman–Crippen MR) is 89.0 cm³/mol. The summed E-state index contributed by atoms with van der Waals surface area (Å²) in [6.07, 6.45) is 0. The molecule has 0 atom stereocenters. The van der Waals surface area contributed by atoms with Crippen molar-refractivity contribution in [1.82, 2.24) is 0 Å². The maximum absolute atomic E-state index is 11.9. The molecule has 0 unspecified atom stereocenters. The zero-order chi connectivity index (χ0) is 15.2. The normalized spacial score (nSPS) is 10.0. The molecule has 2 N–H and O–H groups in total. The van der Waals surface area contributed by atoms with Gasteiger partial charge in [-0.3, -0.25) is 4.79 Å². The van der Waals surface area contributed by atoms with Gasteiger partial charge in [0, 0.05) is 10.2 Å². The minimum atomic E-state index is -0.102. The van der Waals surface area contributed by atoms with Gasteiger partial charge in [0.2, 0.25) is 5.91 Å². The summed E-state index contributed by atoms with van der Waals surface area (Å²) in [6, 6.07) is 13.2. The molecule has 0 saturated carbocycles. The lowest BCUT2D eigenvalue weighted by Crippen LogP contribution is -2.21. The summed E-state index contributed by atoms with van der Waals surface area (Å²) in [5, 5.41) is 5.92. The number of carbonyl (C=O) groups is 1. The summed E-state index contributed by atoms with van der Waals surface area (Å²) in [5.41, 5.74) is 2.77. The minimum absolute atomic E-state index is 0.102. The van der Waals surface area contributed by atoms with Crippen molar-refractivity contribution in [1.29, 1.82) is 0 Å². The first-order valence-corrected chi connectivity index (χ1v) is 7.31. The number of amides is 1. The van der Waals surface area contributed by atoms with E-state index in [1.165, 1.54) is 0 Å². The van der Waals surface area contributed by atoms with Crippen molar-refractivity contribution < 1.29 is 9.53 Å². The van der Waals surface area contributed by atoms with Crippen molar-refractivity contribution in [3.05, 3.63) is 52.5 Å². The second-order valence-electron chi connectivity index (χ2n) is 4.61. The Balaban J connectivity index is 1.89. The number of hydrogen-bond donors (Lipinski definition) is 2. The lowest BCUT2D eigenvalue weighted by molar-refractivity contribution is -0.114. The van der Waals surface area contributed by atoms with Gasteiger partial charge in [0.1, 0.15) is 5.75 Å². The number of nitrogens with one attached hydrogen (secondary N) is 2. The van der Waals surface area contributed by atoms with E-state index >= 15 is 0 Å². The smallest absolute Gasteiger partial charge is 0.243 e. The first kappa shape index (κ1) is 15.4. The highest BCUT2D eigenvalue weighted by atomic mass is 79.9. The highest BCUT2D eigenvalue weighted by Crippen LogP contribution is 2.23. The average Bonchev–Trinajstić information content (AvgIpc) is 2.48. The van der Waals surface area contributed by atoms with Gasteiger partial charge in [0.05, 0.1) is 19.3 Å². The van der Waals surface area contributed by atoms with Gasteiger partial charge in [-0.15, -0.1) is 0 Å². The van der Waals surface area contributed by atoms with Crippen LogP contribution in [0.25, 0.3) is 0 Å². The summed E-state index contributed by atoms with van der Waals surface area (Å²) >= 11 is 3.44. The molecule has 0 aliphatic heterocycles. The van der Waals surface area contributed by atoms with Crippen LogP contribution in [-0.4, -0.2) is 19.6 Å². The number of aryl methyl sites for hydroxylation is 1. The van der Waals surface area contributed by atoms with Crippen molar-refractivity contribution in [3.63, 3.8) is 0 Å². The number of methoxy groups -OCH3 is 1. The second-order valence-corrected chi connectivity index (χ2v) is 5.47. The van der Waals surface area contributed by atoms with Crippen LogP contribution in [0.4, 0.5) is 11.4 Å². The summed E-state index contributed by atoms with van der Waals surface area (Å²) in [6.45, 7) is 2.20. The van der Waals surface area contributed by atoms with Crippen LogP contribution in [0.5, 0.6) is 5.75 Å². The Morgan fingerprint density at radius 2 is 1.90 bits per heavy atom. The third-order valence-corrected chi connectivity index (χ3v) is 3.60. The molecule has 1 amide bonds. The van der Waals surface area contributed by atoms with E-state index in [4.69, 9.17) is 4.74 Å². The quantitative estimate of drug-likeness (QED) is 0.863. The van der Waals surface area contributed by atoms with E-state index in [2.05, 4.69) is 26.6 Å². The molecule has 5 heteroatoms. The van der Waals surface area contributed by atoms with Crippen molar-refractivity contribution in [2.45, 2.75) is 6.92 Å². The van der Waals surface area contributed by atoms with Crippen LogP contribution in [-0.2, 0) is 4.79 Å². The number of rotatable bonds is 5. The van der Waals surface area contributed by atoms with Gasteiger partial charge in [-0.05, 0) is 64.8 Å². The highest BCUT2D eigenvalue weighted by molar-refractivity contribution is 9.10. The van der Waals surface area contributed by atoms with Gasteiger partial charge in [0.15, 0.2) is 0 Å². The topological polar surface area (TPSA) is 50.4 Å². The van der Waals surface area contributed by atoms with Crippen LogP contribution in [0.2, 0.25) is 0 Å². The summed E-state index contributed by atoms with van der Waals surface area (Å²) in [4.78, 5) is 11.9. The lowest BCUT2D eigenvalue weighted by atomic mass is 10.2. The number of ether oxygens (including phenoxy) is 1. The van der Waals surface area contributed by atoms with Crippen molar-refractivity contribution in [2.75, 3.05) is 24.3 Å². The average molecular weight is 349 g/mol. The molecule has 2 aromatic rings. The van der Waals surface area contributed by atoms with Gasteiger partial charge >= 0.3 is 0 Å². The van der Waals surface area contributed by atoms with E-state index in [1.54, 1.807) is 7.11 Å². The van der Waals surface area contributed by atoms with E-state index in [0.29, 0.717) is 0 Å². The van der Waals surface area contributed by atoms with Gasteiger partial charge in [-0.25, -0.2) is 0 Å². The molecule has 0 bridgehead atoms. The Morgan fingerprint density at radius 1 is 1.19 bits per heavy atom. The number of halogens is 1. The van der Waals surface area contributed by atoms with Crippen LogP contribution < -0.4 is 15.4 Å². The first-order chi connectivity index (χ1) is 10.1. The predicted octanol–water partition coefficient (Wildman–Crippen LogP) is 3.82. The molecule has 0 radical (unpaired) electrons. The maximum atomic E-state index is 11.9. The molecule has 0 saturated heterocycles. The molecule has 0 aliphatic carbocycles. The molecular formula is C16H17BrN2O2. The van der Waals surface area contributed by atoms with E-state index < -0.39 is 0 Å². The van der Waals surface area contributed by atoms with E-state index in [1.807, 2.05) is 49.4 Å². The van der Waals surface area contributed by atoms with Gasteiger partial charge in [0.25, 0.3) is 0 Å². The fourth-order valence-corrected chi connectivity index (χ4v) is 2.40.